The minimum absolute atomic E-state index is 0.113. The average Bonchev–Trinajstić information content (AvgIpc) is 2.67. The van der Waals surface area contributed by atoms with Gasteiger partial charge < -0.3 is 8.97 Å². The van der Waals surface area contributed by atoms with Crippen molar-refractivity contribution in [2.75, 3.05) is 0 Å². The van der Waals surface area contributed by atoms with Gasteiger partial charge in [0.25, 0.3) is 0 Å². The fourth-order valence-electron chi connectivity index (χ4n) is 3.68. The second-order valence-electron chi connectivity index (χ2n) is 7.29. The summed E-state index contributed by atoms with van der Waals surface area (Å²) in [5.41, 5.74) is 0. The molecular formula is C17H27NO2Si2. The van der Waals surface area contributed by atoms with Crippen molar-refractivity contribution in [3.05, 3.63) is 43.0 Å². The molecule has 0 aliphatic carbocycles. The largest absolute Gasteiger partial charge is 0.426 e. The summed E-state index contributed by atoms with van der Waals surface area (Å²) in [4.78, 5) is 12.3. The lowest BCUT2D eigenvalue weighted by atomic mass is 10.2. The first-order chi connectivity index (χ1) is 10.3. The molecule has 3 nitrogen and oxygen atoms in total. The van der Waals surface area contributed by atoms with Crippen LogP contribution in [0.3, 0.4) is 0 Å². The summed E-state index contributed by atoms with van der Waals surface area (Å²) in [7, 11) is -2.86. The molecule has 0 aromatic heterocycles. The van der Waals surface area contributed by atoms with E-state index in [4.69, 9.17) is 4.74 Å². The predicted molar refractivity (Wildman–Crippen MR) is 97.1 cm³/mol. The molecule has 1 aromatic rings. The van der Waals surface area contributed by atoms with Crippen molar-refractivity contribution in [2.45, 2.75) is 50.7 Å². The molecule has 1 aliphatic rings. The van der Waals surface area contributed by atoms with Gasteiger partial charge in [-0.05, 0) is 24.2 Å². The Hall–Kier alpha value is -1.18. The molecule has 1 unspecified atom stereocenters. The van der Waals surface area contributed by atoms with Gasteiger partial charge in [0, 0.05) is 6.04 Å². The van der Waals surface area contributed by atoms with E-state index in [-0.39, 0.29) is 12.0 Å². The van der Waals surface area contributed by atoms with Gasteiger partial charge in [0.2, 0.25) is 0 Å². The van der Waals surface area contributed by atoms with Gasteiger partial charge in [-0.3, -0.25) is 4.79 Å². The van der Waals surface area contributed by atoms with Crippen LogP contribution in [0, 0.1) is 0 Å². The van der Waals surface area contributed by atoms with E-state index in [2.05, 4.69) is 37.0 Å². The van der Waals surface area contributed by atoms with E-state index >= 15 is 0 Å². The number of benzene rings is 1. The number of hydrogen-bond acceptors (Lipinski definition) is 3. The van der Waals surface area contributed by atoms with E-state index < -0.39 is 16.5 Å². The summed E-state index contributed by atoms with van der Waals surface area (Å²) in [6.45, 7) is 13.6. The van der Waals surface area contributed by atoms with Crippen LogP contribution in [0.1, 0.15) is 6.42 Å². The van der Waals surface area contributed by atoms with Crippen LogP contribution in [0.25, 0.3) is 0 Å². The first kappa shape index (κ1) is 17.2. The Balaban J connectivity index is 2.09. The third-order valence-corrected chi connectivity index (χ3v) is 15.0. The van der Waals surface area contributed by atoms with Crippen molar-refractivity contribution in [3.63, 3.8) is 0 Å². The summed E-state index contributed by atoms with van der Waals surface area (Å²) in [6.07, 6.45) is 2.34. The predicted octanol–water partition coefficient (Wildman–Crippen LogP) is 4.26. The molecule has 0 spiro atoms. The standard InChI is InChI=1S/C17H27NO2Si2/c1-6-15(18-21(2,3)12-13-22(18,4)5)14-17(19)20-16-10-8-7-9-11-16/h6-11,15H,1,12-14H2,2-5H3. The summed E-state index contributed by atoms with van der Waals surface area (Å²) < 4.78 is 8.15. The molecule has 0 saturated carbocycles. The lowest BCUT2D eigenvalue weighted by molar-refractivity contribution is -0.134. The number of rotatable bonds is 5. The van der Waals surface area contributed by atoms with Crippen LogP contribution in [0.15, 0.2) is 43.0 Å². The zero-order valence-corrected chi connectivity index (χ0v) is 16.1. The Morgan fingerprint density at radius 2 is 1.77 bits per heavy atom. The Kier molecular flexibility index (Phi) is 5.09. The maximum Gasteiger partial charge on any atom is 0.313 e. The van der Waals surface area contributed by atoms with E-state index in [1.807, 2.05) is 36.4 Å². The van der Waals surface area contributed by atoms with Crippen molar-refractivity contribution in [3.8, 4) is 5.75 Å². The number of carbonyl (C=O) groups is 1. The first-order valence-electron chi connectivity index (χ1n) is 7.94. The SMILES string of the molecule is C=CC(CC(=O)Oc1ccccc1)N1[Si](C)(C)CC[Si]1(C)C. The molecule has 1 aromatic carbocycles. The van der Waals surface area contributed by atoms with Gasteiger partial charge in [0.1, 0.15) is 22.2 Å². The average molecular weight is 334 g/mol. The van der Waals surface area contributed by atoms with Crippen molar-refractivity contribution in [2.24, 2.45) is 0 Å². The maximum atomic E-state index is 12.3. The van der Waals surface area contributed by atoms with Crippen LogP contribution < -0.4 is 4.74 Å². The van der Waals surface area contributed by atoms with E-state index in [0.29, 0.717) is 12.2 Å². The Labute approximate surface area is 136 Å². The first-order valence-corrected chi connectivity index (χ1v) is 14.2. The van der Waals surface area contributed by atoms with Gasteiger partial charge in [-0.25, -0.2) is 0 Å². The number of nitrogens with zero attached hydrogens (tertiary/aromatic N) is 1. The Morgan fingerprint density at radius 1 is 1.23 bits per heavy atom. The molecule has 0 radical (unpaired) electrons. The van der Waals surface area contributed by atoms with Gasteiger partial charge in [-0.15, -0.1) is 6.58 Å². The highest BCUT2D eigenvalue weighted by atomic mass is 28.4. The van der Waals surface area contributed by atoms with Gasteiger partial charge in [-0.1, -0.05) is 50.5 Å². The summed E-state index contributed by atoms with van der Waals surface area (Å²) in [5.74, 6) is 0.447. The Bertz CT molecular complexity index is 527. The zero-order chi connectivity index (χ0) is 16.4. The topological polar surface area (TPSA) is 29.5 Å². The fraction of sp³-hybridized carbons (Fsp3) is 0.471. The normalized spacial score (nSPS) is 21.3. The van der Waals surface area contributed by atoms with Gasteiger partial charge in [-0.2, -0.15) is 0 Å². The lowest BCUT2D eigenvalue weighted by Crippen LogP contribution is -2.59. The summed E-state index contributed by atoms with van der Waals surface area (Å²) >= 11 is 0. The van der Waals surface area contributed by atoms with Crippen molar-refractivity contribution < 1.29 is 9.53 Å². The van der Waals surface area contributed by atoms with Gasteiger partial charge in [0.05, 0.1) is 6.42 Å². The lowest BCUT2D eigenvalue weighted by Gasteiger charge is -2.43. The van der Waals surface area contributed by atoms with Crippen molar-refractivity contribution in [1.29, 1.82) is 0 Å². The van der Waals surface area contributed by atoms with E-state index in [9.17, 15) is 4.79 Å². The van der Waals surface area contributed by atoms with Crippen LogP contribution in [0.2, 0.25) is 38.3 Å². The zero-order valence-electron chi connectivity index (χ0n) is 14.1. The number of ether oxygens (including phenoxy) is 1. The molecule has 1 atom stereocenters. The van der Waals surface area contributed by atoms with Crippen LogP contribution >= 0.6 is 0 Å². The molecule has 1 aliphatic heterocycles. The van der Waals surface area contributed by atoms with E-state index in [1.165, 1.54) is 12.1 Å². The minimum atomic E-state index is -1.43. The molecule has 1 fully saturated rings. The quantitative estimate of drug-likeness (QED) is 0.349. The van der Waals surface area contributed by atoms with E-state index in [0.717, 1.165) is 0 Å². The smallest absolute Gasteiger partial charge is 0.313 e. The molecule has 0 N–H and O–H groups in total. The summed E-state index contributed by atoms with van der Waals surface area (Å²) in [5, 5.41) is 0. The highest BCUT2D eigenvalue weighted by Gasteiger charge is 2.49. The van der Waals surface area contributed by atoms with Crippen molar-refractivity contribution in [1.82, 2.24) is 4.23 Å². The third-order valence-electron chi connectivity index (χ3n) is 4.61. The van der Waals surface area contributed by atoms with Crippen LogP contribution in [0.5, 0.6) is 5.75 Å². The highest BCUT2D eigenvalue weighted by Crippen LogP contribution is 2.39. The molecule has 5 heteroatoms. The number of hydrogen-bond donors (Lipinski definition) is 0. The molecule has 0 bridgehead atoms. The van der Waals surface area contributed by atoms with Crippen LogP contribution in [-0.4, -0.2) is 32.7 Å². The molecule has 2 rings (SSSR count). The molecule has 0 amide bonds. The molecule has 22 heavy (non-hydrogen) atoms. The summed E-state index contributed by atoms with van der Waals surface area (Å²) in [6, 6.07) is 12.1. The van der Waals surface area contributed by atoms with E-state index in [1.54, 1.807) is 0 Å². The minimum Gasteiger partial charge on any atom is -0.426 e. The molecule has 1 saturated heterocycles. The van der Waals surface area contributed by atoms with Crippen LogP contribution in [-0.2, 0) is 4.79 Å². The number of carbonyl (C=O) groups excluding carboxylic acids is 1. The Morgan fingerprint density at radius 3 is 2.27 bits per heavy atom. The molecular weight excluding hydrogens is 306 g/mol. The molecule has 1 heterocycles. The second-order valence-corrected chi connectivity index (χ2v) is 16.9. The highest BCUT2D eigenvalue weighted by molar-refractivity contribution is 6.95. The number of esters is 1. The molecule has 120 valence electrons. The van der Waals surface area contributed by atoms with Gasteiger partial charge >= 0.3 is 5.97 Å². The van der Waals surface area contributed by atoms with Gasteiger partial charge in [0.15, 0.2) is 0 Å². The second kappa shape index (κ2) is 6.52. The third kappa shape index (κ3) is 3.77. The van der Waals surface area contributed by atoms with Crippen LogP contribution in [0.4, 0.5) is 0 Å². The monoisotopic (exact) mass is 333 g/mol. The van der Waals surface area contributed by atoms with Crippen molar-refractivity contribution >= 4 is 22.4 Å². The number of para-hydroxylation sites is 1. The fourth-order valence-corrected chi connectivity index (χ4v) is 18.5. The maximum absolute atomic E-state index is 12.3.